The van der Waals surface area contributed by atoms with Crippen LogP contribution in [0.25, 0.3) is 0 Å². The van der Waals surface area contributed by atoms with Gasteiger partial charge in [-0.2, -0.15) is 0 Å². The van der Waals surface area contributed by atoms with Gasteiger partial charge in [0.25, 0.3) is 0 Å². The molecule has 68 valence electrons. The van der Waals surface area contributed by atoms with Crippen LogP contribution in [0.5, 0.6) is 0 Å². The van der Waals surface area contributed by atoms with Crippen LogP contribution >= 0.6 is 0 Å². The number of hydrogen-bond acceptors (Lipinski definition) is 2. The maximum Gasteiger partial charge on any atom is 0.457 e. The maximum absolute atomic E-state index is 5.42. The van der Waals surface area contributed by atoms with Crippen LogP contribution in [0.2, 0.25) is 0 Å². The van der Waals surface area contributed by atoms with Crippen molar-refractivity contribution in [2.45, 2.75) is 0 Å². The number of hydrogen-bond donors (Lipinski definition) is 0. The van der Waals surface area contributed by atoms with Crippen LogP contribution in [-0.4, -0.2) is 22.8 Å². The van der Waals surface area contributed by atoms with Crippen LogP contribution in [0.4, 0.5) is 0 Å². The summed E-state index contributed by atoms with van der Waals surface area (Å²) in [5, 5.41) is 0.961. The largest absolute Gasteiger partial charge is 0.457 e. The molecule has 1 rings (SSSR count). The Bertz CT molecular complexity index is 298. The minimum absolute atomic E-state index is 0.961. The van der Waals surface area contributed by atoms with E-state index in [0.717, 1.165) is 5.19 Å². The lowest BCUT2D eigenvalue weighted by Crippen LogP contribution is -2.51. The van der Waals surface area contributed by atoms with Crippen LogP contribution in [0.3, 0.4) is 0 Å². The van der Waals surface area contributed by atoms with Gasteiger partial charge in [0, 0.05) is 19.4 Å². The Kier molecular flexibility index (Phi) is 3.26. The molecule has 1 aromatic carbocycles. The summed E-state index contributed by atoms with van der Waals surface area (Å²) in [4.78, 5) is 0. The molecular formula is C10H12O2Si. The summed E-state index contributed by atoms with van der Waals surface area (Å²) in [7, 11) is 0.606. The lowest BCUT2D eigenvalue weighted by molar-refractivity contribution is 0.274. The fourth-order valence-electron chi connectivity index (χ4n) is 1.18. The topological polar surface area (TPSA) is 18.5 Å². The fraction of sp³-hybridized carbons (Fsp3) is 0.200. The number of rotatable bonds is 3. The molecule has 0 aliphatic rings. The Hall–Kier alpha value is -1.08. The van der Waals surface area contributed by atoms with E-state index >= 15 is 0 Å². The molecule has 2 nitrogen and oxygen atoms in total. The predicted molar refractivity (Wildman–Crippen MR) is 54.7 cm³/mol. The molecule has 3 heteroatoms. The Morgan fingerprint density at radius 1 is 1.15 bits per heavy atom. The number of terminal acetylenes is 1. The average molecular weight is 192 g/mol. The van der Waals surface area contributed by atoms with Crippen molar-refractivity contribution < 1.29 is 8.85 Å². The van der Waals surface area contributed by atoms with Crippen LogP contribution in [0.1, 0.15) is 0 Å². The second kappa shape index (κ2) is 4.24. The smallest absolute Gasteiger partial charge is 0.385 e. The van der Waals surface area contributed by atoms with E-state index in [9.17, 15) is 0 Å². The molecular weight excluding hydrogens is 180 g/mol. The van der Waals surface area contributed by atoms with Gasteiger partial charge in [-0.3, -0.25) is 0 Å². The monoisotopic (exact) mass is 192 g/mol. The molecule has 0 aromatic heterocycles. The van der Waals surface area contributed by atoms with Gasteiger partial charge < -0.3 is 8.85 Å². The minimum atomic E-state index is -2.57. The molecule has 1 aromatic rings. The first kappa shape index (κ1) is 10.0. The first-order valence-electron chi connectivity index (χ1n) is 3.92. The van der Waals surface area contributed by atoms with Gasteiger partial charge in [-0.15, -0.1) is 6.42 Å². The second-order valence-electron chi connectivity index (χ2n) is 2.54. The molecule has 0 saturated heterocycles. The summed E-state index contributed by atoms with van der Waals surface area (Å²) in [6.45, 7) is 0. The summed E-state index contributed by atoms with van der Waals surface area (Å²) in [6, 6.07) is 9.64. The van der Waals surface area contributed by atoms with Crippen molar-refractivity contribution in [2.75, 3.05) is 14.2 Å². The molecule has 0 bridgehead atoms. The molecule has 0 fully saturated rings. The van der Waals surface area contributed by atoms with E-state index in [1.165, 1.54) is 0 Å². The highest BCUT2D eigenvalue weighted by Crippen LogP contribution is 2.03. The summed E-state index contributed by atoms with van der Waals surface area (Å²) in [5.74, 6) is 0. The zero-order valence-corrected chi connectivity index (χ0v) is 8.78. The van der Waals surface area contributed by atoms with E-state index in [2.05, 4.69) is 5.54 Å². The van der Waals surface area contributed by atoms with Crippen molar-refractivity contribution in [2.24, 2.45) is 0 Å². The Labute approximate surface area is 79.7 Å². The fourth-order valence-corrected chi connectivity index (χ4v) is 2.85. The number of benzene rings is 1. The average Bonchev–Trinajstić information content (AvgIpc) is 2.23. The normalized spacial score (nSPS) is 10.8. The third kappa shape index (κ3) is 1.81. The summed E-state index contributed by atoms with van der Waals surface area (Å²) in [6.07, 6.45) is 5.42. The van der Waals surface area contributed by atoms with Crippen molar-refractivity contribution in [1.82, 2.24) is 0 Å². The zero-order valence-electron chi connectivity index (χ0n) is 7.78. The molecule has 0 spiro atoms. The second-order valence-corrected chi connectivity index (χ2v) is 5.45. The molecule has 0 unspecified atom stereocenters. The molecule has 0 N–H and O–H groups in total. The quantitative estimate of drug-likeness (QED) is 0.521. The van der Waals surface area contributed by atoms with E-state index < -0.39 is 8.56 Å². The first-order valence-corrected chi connectivity index (χ1v) is 5.74. The van der Waals surface area contributed by atoms with Gasteiger partial charge in [0.15, 0.2) is 0 Å². The molecule has 0 saturated carbocycles. The standard InChI is InChI=1S/C10H12O2Si/c1-4-13(11-2,12-3)10-8-6-5-7-9-10/h1,5-9H,2-3H3. The third-order valence-corrected chi connectivity index (χ3v) is 4.54. The van der Waals surface area contributed by atoms with Crippen LogP contribution in [-0.2, 0) is 8.85 Å². The third-order valence-electron chi connectivity index (χ3n) is 1.92. The van der Waals surface area contributed by atoms with E-state index in [4.69, 9.17) is 15.3 Å². The molecule has 0 radical (unpaired) electrons. The van der Waals surface area contributed by atoms with E-state index in [0.29, 0.717) is 0 Å². The van der Waals surface area contributed by atoms with Crippen molar-refractivity contribution in [3.05, 3.63) is 30.3 Å². The minimum Gasteiger partial charge on any atom is -0.385 e. The Morgan fingerprint density at radius 3 is 2.08 bits per heavy atom. The highest BCUT2D eigenvalue weighted by atomic mass is 28.4. The van der Waals surface area contributed by atoms with Gasteiger partial charge in [-0.25, -0.2) is 0 Å². The summed E-state index contributed by atoms with van der Waals surface area (Å²) >= 11 is 0. The van der Waals surface area contributed by atoms with E-state index in [1.54, 1.807) is 14.2 Å². The van der Waals surface area contributed by atoms with Gasteiger partial charge >= 0.3 is 8.56 Å². The van der Waals surface area contributed by atoms with Gasteiger partial charge in [0.05, 0.1) is 0 Å². The molecule has 0 aliphatic carbocycles. The van der Waals surface area contributed by atoms with Gasteiger partial charge in [-0.05, 0) is 0 Å². The van der Waals surface area contributed by atoms with Gasteiger partial charge in [-0.1, -0.05) is 35.9 Å². The van der Waals surface area contributed by atoms with Crippen LogP contribution in [0, 0.1) is 12.0 Å². The maximum atomic E-state index is 5.42. The van der Waals surface area contributed by atoms with Crippen LogP contribution < -0.4 is 5.19 Å². The van der Waals surface area contributed by atoms with Crippen molar-refractivity contribution in [1.29, 1.82) is 0 Å². The lowest BCUT2D eigenvalue weighted by atomic mass is 10.4. The van der Waals surface area contributed by atoms with Crippen LogP contribution in [0.15, 0.2) is 30.3 Å². The molecule has 0 amide bonds. The summed E-state index contributed by atoms with van der Waals surface area (Å²) < 4.78 is 10.6. The van der Waals surface area contributed by atoms with Crippen molar-refractivity contribution >= 4 is 13.7 Å². The predicted octanol–water partition coefficient (Wildman–Crippen LogP) is 0.801. The summed E-state index contributed by atoms with van der Waals surface area (Å²) in [5.41, 5.74) is 2.63. The van der Waals surface area contributed by atoms with Crippen molar-refractivity contribution in [3.63, 3.8) is 0 Å². The molecule has 0 heterocycles. The van der Waals surface area contributed by atoms with E-state index in [1.807, 2.05) is 30.3 Å². The van der Waals surface area contributed by atoms with Gasteiger partial charge in [0.2, 0.25) is 0 Å². The highest BCUT2D eigenvalue weighted by Gasteiger charge is 2.36. The SMILES string of the molecule is C#C[Si](OC)(OC)c1ccccc1. The Balaban J connectivity index is 3.10. The molecule has 13 heavy (non-hydrogen) atoms. The molecule has 0 atom stereocenters. The van der Waals surface area contributed by atoms with E-state index in [-0.39, 0.29) is 0 Å². The Morgan fingerprint density at radius 2 is 1.69 bits per heavy atom. The highest BCUT2D eigenvalue weighted by molar-refractivity contribution is 6.88. The van der Waals surface area contributed by atoms with Gasteiger partial charge in [0.1, 0.15) is 0 Å². The lowest BCUT2D eigenvalue weighted by Gasteiger charge is -2.20. The zero-order chi connectivity index (χ0) is 9.73. The first-order chi connectivity index (χ1) is 6.29. The van der Waals surface area contributed by atoms with Crippen molar-refractivity contribution in [3.8, 4) is 12.0 Å². The molecule has 0 aliphatic heterocycles.